The standard InChI is InChI=1S/C15H34N2O/c1-6-9-11-17(8-3)14(4)12-15(5,13-18)16-10-7-2/h14,16,18H,6-13H2,1-5H3. The molecular formula is C15H34N2O. The molecule has 0 radical (unpaired) electrons. The molecule has 0 aromatic heterocycles. The van der Waals surface area contributed by atoms with Gasteiger partial charge in [0, 0.05) is 11.6 Å². The highest BCUT2D eigenvalue weighted by atomic mass is 16.3. The van der Waals surface area contributed by atoms with Gasteiger partial charge in [-0.3, -0.25) is 0 Å². The van der Waals surface area contributed by atoms with Crippen LogP contribution in [0.25, 0.3) is 0 Å². The highest BCUT2D eigenvalue weighted by molar-refractivity contribution is 4.87. The third-order valence-corrected chi connectivity index (χ3v) is 3.73. The third-order valence-electron chi connectivity index (χ3n) is 3.73. The molecule has 3 nitrogen and oxygen atoms in total. The zero-order valence-electron chi connectivity index (χ0n) is 13.1. The number of hydrogen-bond acceptors (Lipinski definition) is 3. The highest BCUT2D eigenvalue weighted by Gasteiger charge is 2.26. The van der Waals surface area contributed by atoms with Gasteiger partial charge in [-0.1, -0.05) is 27.2 Å². The summed E-state index contributed by atoms with van der Waals surface area (Å²) in [6.07, 6.45) is 4.61. The molecule has 3 heteroatoms. The van der Waals surface area contributed by atoms with E-state index in [2.05, 4.69) is 44.8 Å². The summed E-state index contributed by atoms with van der Waals surface area (Å²) < 4.78 is 0. The van der Waals surface area contributed by atoms with E-state index in [1.807, 2.05) is 0 Å². The molecule has 0 bridgehead atoms. The van der Waals surface area contributed by atoms with Gasteiger partial charge in [0.05, 0.1) is 6.61 Å². The molecule has 0 amide bonds. The molecule has 0 aromatic rings. The Morgan fingerprint density at radius 3 is 2.33 bits per heavy atom. The molecule has 0 fully saturated rings. The molecule has 0 saturated heterocycles. The molecule has 0 aliphatic heterocycles. The van der Waals surface area contributed by atoms with Gasteiger partial charge in [-0.05, 0) is 52.7 Å². The van der Waals surface area contributed by atoms with Crippen molar-refractivity contribution in [3.05, 3.63) is 0 Å². The van der Waals surface area contributed by atoms with Crippen molar-refractivity contribution in [1.29, 1.82) is 0 Å². The van der Waals surface area contributed by atoms with Gasteiger partial charge in [-0.15, -0.1) is 0 Å². The van der Waals surface area contributed by atoms with Crippen molar-refractivity contribution in [2.45, 2.75) is 71.9 Å². The van der Waals surface area contributed by atoms with Crippen LogP contribution in [0, 0.1) is 0 Å². The molecule has 0 rings (SSSR count). The summed E-state index contributed by atoms with van der Waals surface area (Å²) in [6, 6.07) is 0.517. The van der Waals surface area contributed by atoms with E-state index in [0.29, 0.717) is 6.04 Å². The van der Waals surface area contributed by atoms with E-state index >= 15 is 0 Å². The summed E-state index contributed by atoms with van der Waals surface area (Å²) in [6.45, 7) is 14.5. The number of aliphatic hydroxyl groups is 1. The van der Waals surface area contributed by atoms with Crippen LogP contribution in [0.3, 0.4) is 0 Å². The normalized spacial score (nSPS) is 16.8. The van der Waals surface area contributed by atoms with Crippen molar-refractivity contribution >= 4 is 0 Å². The van der Waals surface area contributed by atoms with Crippen LogP contribution in [-0.4, -0.2) is 47.8 Å². The van der Waals surface area contributed by atoms with Crippen molar-refractivity contribution in [2.75, 3.05) is 26.2 Å². The predicted octanol–water partition coefficient (Wildman–Crippen LogP) is 2.64. The van der Waals surface area contributed by atoms with E-state index in [0.717, 1.165) is 25.9 Å². The van der Waals surface area contributed by atoms with Crippen LogP contribution in [0.5, 0.6) is 0 Å². The first kappa shape index (κ1) is 17.9. The smallest absolute Gasteiger partial charge is 0.0611 e. The molecule has 2 unspecified atom stereocenters. The van der Waals surface area contributed by atoms with E-state index in [9.17, 15) is 5.11 Å². The summed E-state index contributed by atoms with van der Waals surface area (Å²) in [5.41, 5.74) is -0.144. The first-order valence-electron chi connectivity index (χ1n) is 7.62. The fraction of sp³-hybridized carbons (Fsp3) is 1.00. The van der Waals surface area contributed by atoms with Gasteiger partial charge >= 0.3 is 0 Å². The van der Waals surface area contributed by atoms with Crippen LogP contribution in [-0.2, 0) is 0 Å². The van der Waals surface area contributed by atoms with Gasteiger partial charge in [0.2, 0.25) is 0 Å². The third kappa shape index (κ3) is 6.72. The zero-order chi connectivity index (χ0) is 14.0. The summed E-state index contributed by atoms with van der Waals surface area (Å²) >= 11 is 0. The Labute approximate surface area is 114 Å². The maximum absolute atomic E-state index is 9.61. The number of rotatable bonds is 11. The molecule has 2 atom stereocenters. The Balaban J connectivity index is 4.32. The van der Waals surface area contributed by atoms with Gasteiger partial charge in [0.1, 0.15) is 0 Å². The predicted molar refractivity (Wildman–Crippen MR) is 80.0 cm³/mol. The Kier molecular flexibility index (Phi) is 9.70. The molecule has 18 heavy (non-hydrogen) atoms. The van der Waals surface area contributed by atoms with Gasteiger partial charge in [0.15, 0.2) is 0 Å². The maximum atomic E-state index is 9.61. The van der Waals surface area contributed by atoms with E-state index in [4.69, 9.17) is 0 Å². The van der Waals surface area contributed by atoms with Crippen molar-refractivity contribution < 1.29 is 5.11 Å². The first-order chi connectivity index (χ1) is 8.52. The number of nitrogens with one attached hydrogen (secondary N) is 1. The van der Waals surface area contributed by atoms with Crippen LogP contribution >= 0.6 is 0 Å². The molecule has 0 heterocycles. The summed E-state index contributed by atoms with van der Waals surface area (Å²) in [5.74, 6) is 0. The van der Waals surface area contributed by atoms with Crippen molar-refractivity contribution in [2.24, 2.45) is 0 Å². The molecule has 0 saturated carbocycles. The minimum atomic E-state index is -0.144. The average Bonchev–Trinajstić information content (AvgIpc) is 2.37. The molecule has 0 aromatic carbocycles. The fourth-order valence-corrected chi connectivity index (χ4v) is 2.45. The second-order valence-electron chi connectivity index (χ2n) is 5.68. The molecule has 0 aliphatic rings. The molecule has 0 aliphatic carbocycles. The quantitative estimate of drug-likeness (QED) is 0.598. The van der Waals surface area contributed by atoms with E-state index < -0.39 is 0 Å². The Morgan fingerprint density at radius 2 is 1.89 bits per heavy atom. The SMILES string of the molecule is CCCCN(CC)C(C)CC(C)(CO)NCCC. The summed E-state index contributed by atoms with van der Waals surface area (Å²) in [5, 5.41) is 13.1. The zero-order valence-corrected chi connectivity index (χ0v) is 13.1. The number of unbranched alkanes of at least 4 members (excludes halogenated alkanes) is 1. The fourth-order valence-electron chi connectivity index (χ4n) is 2.45. The Morgan fingerprint density at radius 1 is 1.22 bits per heavy atom. The van der Waals surface area contributed by atoms with Gasteiger partial charge in [-0.25, -0.2) is 0 Å². The van der Waals surface area contributed by atoms with Crippen LogP contribution in [0.2, 0.25) is 0 Å². The minimum absolute atomic E-state index is 0.144. The average molecular weight is 258 g/mol. The lowest BCUT2D eigenvalue weighted by Crippen LogP contribution is -2.51. The van der Waals surface area contributed by atoms with Crippen LogP contribution < -0.4 is 5.32 Å². The molecule has 110 valence electrons. The van der Waals surface area contributed by atoms with E-state index in [-0.39, 0.29) is 12.1 Å². The topological polar surface area (TPSA) is 35.5 Å². The lowest BCUT2D eigenvalue weighted by molar-refractivity contribution is 0.116. The van der Waals surface area contributed by atoms with Crippen molar-refractivity contribution in [3.63, 3.8) is 0 Å². The van der Waals surface area contributed by atoms with E-state index in [1.54, 1.807) is 0 Å². The van der Waals surface area contributed by atoms with Crippen molar-refractivity contribution in [3.8, 4) is 0 Å². The monoisotopic (exact) mass is 258 g/mol. The lowest BCUT2D eigenvalue weighted by atomic mass is 9.93. The van der Waals surface area contributed by atoms with Gasteiger partial charge in [0.25, 0.3) is 0 Å². The summed E-state index contributed by atoms with van der Waals surface area (Å²) in [4.78, 5) is 2.52. The first-order valence-corrected chi connectivity index (χ1v) is 7.62. The Hall–Kier alpha value is -0.120. The highest BCUT2D eigenvalue weighted by Crippen LogP contribution is 2.16. The van der Waals surface area contributed by atoms with E-state index in [1.165, 1.54) is 19.4 Å². The molecule has 0 spiro atoms. The molecular weight excluding hydrogens is 224 g/mol. The largest absolute Gasteiger partial charge is 0.394 e. The van der Waals surface area contributed by atoms with Crippen LogP contribution in [0.15, 0.2) is 0 Å². The second-order valence-corrected chi connectivity index (χ2v) is 5.68. The second kappa shape index (κ2) is 9.76. The lowest BCUT2D eigenvalue weighted by Gasteiger charge is -2.36. The molecule has 2 N–H and O–H groups in total. The van der Waals surface area contributed by atoms with Crippen LogP contribution in [0.4, 0.5) is 0 Å². The number of nitrogens with zero attached hydrogens (tertiary/aromatic N) is 1. The van der Waals surface area contributed by atoms with Crippen molar-refractivity contribution in [1.82, 2.24) is 10.2 Å². The maximum Gasteiger partial charge on any atom is 0.0611 e. The van der Waals surface area contributed by atoms with Gasteiger partial charge < -0.3 is 15.3 Å². The van der Waals surface area contributed by atoms with Crippen LogP contribution in [0.1, 0.15) is 60.3 Å². The number of aliphatic hydroxyl groups excluding tert-OH is 1. The Bertz CT molecular complexity index is 199. The summed E-state index contributed by atoms with van der Waals surface area (Å²) in [7, 11) is 0. The minimum Gasteiger partial charge on any atom is -0.394 e. The van der Waals surface area contributed by atoms with Gasteiger partial charge in [-0.2, -0.15) is 0 Å². The number of hydrogen-bond donors (Lipinski definition) is 2.